The lowest BCUT2D eigenvalue weighted by atomic mass is 10.0. The van der Waals surface area contributed by atoms with E-state index in [9.17, 15) is 5.11 Å². The minimum absolute atomic E-state index is 0.158. The van der Waals surface area contributed by atoms with E-state index >= 15 is 0 Å². The third-order valence-corrected chi connectivity index (χ3v) is 4.49. The molecule has 8 nitrogen and oxygen atoms in total. The first kappa shape index (κ1) is 22.0. The molecule has 0 saturated carbocycles. The lowest BCUT2D eigenvalue weighted by molar-refractivity contribution is 0.148. The molecule has 0 amide bonds. The van der Waals surface area contributed by atoms with Gasteiger partial charge in [-0.05, 0) is 24.5 Å². The minimum Gasteiger partial charge on any atom is -0.493 e. The zero-order valence-corrected chi connectivity index (χ0v) is 17.5. The molecule has 0 bridgehead atoms. The van der Waals surface area contributed by atoms with Gasteiger partial charge in [-0.1, -0.05) is 32.3 Å². The fourth-order valence-corrected chi connectivity index (χ4v) is 3.00. The molecule has 0 fully saturated rings. The van der Waals surface area contributed by atoms with Crippen molar-refractivity contribution in [3.8, 4) is 28.6 Å². The Hall–Kier alpha value is -2.32. The van der Waals surface area contributed by atoms with Crippen LogP contribution in [0.1, 0.15) is 45.5 Å². The van der Waals surface area contributed by atoms with E-state index < -0.39 is 6.10 Å². The molecule has 2 N–H and O–H groups in total. The van der Waals surface area contributed by atoms with E-state index in [1.54, 1.807) is 33.5 Å². The number of aliphatic hydroxyl groups is 1. The summed E-state index contributed by atoms with van der Waals surface area (Å²) in [6, 6.07) is 3.40. The average Bonchev–Trinajstić information content (AvgIpc) is 3.16. The predicted octanol–water partition coefficient (Wildman–Crippen LogP) is 3.21. The van der Waals surface area contributed by atoms with Crippen LogP contribution in [-0.2, 0) is 0 Å². The number of methoxy groups -OCH3 is 3. The summed E-state index contributed by atoms with van der Waals surface area (Å²) < 4.78 is 21.7. The molecule has 0 radical (unpaired) electrons. The molecule has 0 spiro atoms. The van der Waals surface area contributed by atoms with Crippen molar-refractivity contribution in [3.05, 3.63) is 18.0 Å². The van der Waals surface area contributed by atoms with Crippen LogP contribution in [0.4, 0.5) is 0 Å². The molecular formula is C20H31N3O5. The van der Waals surface area contributed by atoms with Crippen LogP contribution in [0.25, 0.3) is 11.4 Å². The Balaban J connectivity index is 2.28. The largest absolute Gasteiger partial charge is 0.493 e. The molecular weight excluding hydrogens is 362 g/mol. The molecule has 0 aliphatic carbocycles. The molecule has 2 rings (SSSR count). The highest BCUT2D eigenvalue weighted by Crippen LogP contribution is 2.40. The van der Waals surface area contributed by atoms with Gasteiger partial charge in [-0.3, -0.25) is 0 Å². The van der Waals surface area contributed by atoms with Gasteiger partial charge in [0.15, 0.2) is 11.5 Å². The van der Waals surface area contributed by atoms with Crippen LogP contribution in [0.15, 0.2) is 16.7 Å². The highest BCUT2D eigenvalue weighted by molar-refractivity contribution is 5.66. The molecule has 8 heteroatoms. The topological polar surface area (TPSA) is 98.9 Å². The average molecular weight is 393 g/mol. The Morgan fingerprint density at radius 2 is 1.75 bits per heavy atom. The second-order valence-corrected chi connectivity index (χ2v) is 6.94. The van der Waals surface area contributed by atoms with Gasteiger partial charge >= 0.3 is 0 Å². The van der Waals surface area contributed by atoms with Crippen molar-refractivity contribution in [2.75, 3.05) is 27.9 Å². The summed E-state index contributed by atoms with van der Waals surface area (Å²) >= 11 is 0. The smallest absolute Gasteiger partial charge is 0.244 e. The number of benzene rings is 1. The van der Waals surface area contributed by atoms with Crippen LogP contribution in [-0.4, -0.2) is 49.2 Å². The van der Waals surface area contributed by atoms with Gasteiger partial charge in [0.05, 0.1) is 33.5 Å². The summed E-state index contributed by atoms with van der Waals surface area (Å²) in [5.41, 5.74) is 0.693. The minimum atomic E-state index is -0.399. The van der Waals surface area contributed by atoms with Gasteiger partial charge in [0.2, 0.25) is 17.5 Å². The van der Waals surface area contributed by atoms with E-state index in [1.807, 2.05) is 6.92 Å². The number of hydrogen-bond acceptors (Lipinski definition) is 8. The molecule has 0 saturated heterocycles. The third kappa shape index (κ3) is 5.14. The highest BCUT2D eigenvalue weighted by atomic mass is 16.5. The number of aliphatic hydroxyl groups excluding tert-OH is 1. The first-order valence-corrected chi connectivity index (χ1v) is 9.50. The summed E-state index contributed by atoms with van der Waals surface area (Å²) in [6.45, 7) is 6.64. The van der Waals surface area contributed by atoms with Crippen LogP contribution in [0, 0.1) is 5.92 Å². The Labute approximate surface area is 166 Å². The summed E-state index contributed by atoms with van der Waals surface area (Å²) in [7, 11) is 4.67. The molecule has 2 aromatic rings. The van der Waals surface area contributed by atoms with Crippen molar-refractivity contribution in [1.29, 1.82) is 0 Å². The van der Waals surface area contributed by atoms with Gasteiger partial charge in [-0.25, -0.2) is 0 Å². The molecule has 1 heterocycles. The Morgan fingerprint density at radius 3 is 2.25 bits per heavy atom. The zero-order chi connectivity index (χ0) is 20.7. The number of rotatable bonds is 11. The Kier molecular flexibility index (Phi) is 8.07. The molecule has 0 aliphatic heterocycles. The lowest BCUT2D eigenvalue weighted by Crippen LogP contribution is -2.33. The second kappa shape index (κ2) is 10.3. The van der Waals surface area contributed by atoms with Crippen LogP contribution in [0.2, 0.25) is 0 Å². The number of aromatic nitrogens is 2. The molecule has 0 unspecified atom stereocenters. The molecule has 156 valence electrons. The maximum Gasteiger partial charge on any atom is 0.244 e. The maximum atomic E-state index is 10.0. The molecule has 0 aliphatic rings. The van der Waals surface area contributed by atoms with Crippen LogP contribution >= 0.6 is 0 Å². The van der Waals surface area contributed by atoms with Crippen molar-refractivity contribution >= 4 is 0 Å². The van der Waals surface area contributed by atoms with E-state index in [2.05, 4.69) is 29.3 Å². The second-order valence-electron chi connectivity index (χ2n) is 6.94. The quantitative estimate of drug-likeness (QED) is 0.600. The summed E-state index contributed by atoms with van der Waals surface area (Å²) in [6.07, 6.45) is 1.28. The van der Waals surface area contributed by atoms with Gasteiger partial charge < -0.3 is 29.2 Å². The van der Waals surface area contributed by atoms with Crippen molar-refractivity contribution in [3.63, 3.8) is 0 Å². The van der Waals surface area contributed by atoms with Crippen LogP contribution in [0.3, 0.4) is 0 Å². The number of nitrogens with one attached hydrogen (secondary N) is 1. The predicted molar refractivity (Wildman–Crippen MR) is 106 cm³/mol. The van der Waals surface area contributed by atoms with E-state index in [0.717, 1.165) is 12.8 Å². The van der Waals surface area contributed by atoms with Crippen molar-refractivity contribution in [2.45, 2.75) is 45.8 Å². The molecule has 2 atom stereocenters. The third-order valence-electron chi connectivity index (χ3n) is 4.49. The highest BCUT2D eigenvalue weighted by Gasteiger charge is 2.24. The number of ether oxygens (including phenoxy) is 3. The number of hydrogen-bond donors (Lipinski definition) is 2. The van der Waals surface area contributed by atoms with E-state index in [4.69, 9.17) is 18.7 Å². The normalized spacial score (nSPS) is 13.4. The van der Waals surface area contributed by atoms with Gasteiger partial charge in [0, 0.05) is 12.1 Å². The molecule has 1 aromatic heterocycles. The van der Waals surface area contributed by atoms with Gasteiger partial charge in [-0.2, -0.15) is 4.98 Å². The summed E-state index contributed by atoms with van der Waals surface area (Å²) in [4.78, 5) is 4.56. The van der Waals surface area contributed by atoms with Gasteiger partial charge in [0.1, 0.15) is 0 Å². The van der Waals surface area contributed by atoms with E-state index in [1.165, 1.54) is 0 Å². The van der Waals surface area contributed by atoms with Gasteiger partial charge in [-0.15, -0.1) is 0 Å². The Bertz CT molecular complexity index is 722. The number of nitrogens with zero attached hydrogens (tertiary/aromatic N) is 2. The van der Waals surface area contributed by atoms with E-state index in [-0.39, 0.29) is 12.0 Å². The monoisotopic (exact) mass is 393 g/mol. The molecule has 28 heavy (non-hydrogen) atoms. The lowest BCUT2D eigenvalue weighted by Gasteiger charge is -2.20. The van der Waals surface area contributed by atoms with Gasteiger partial charge in [0.25, 0.3) is 0 Å². The van der Waals surface area contributed by atoms with Crippen LogP contribution < -0.4 is 19.5 Å². The fraction of sp³-hybridized carbons (Fsp3) is 0.600. The summed E-state index contributed by atoms with van der Waals surface area (Å²) in [5, 5.41) is 17.5. The zero-order valence-electron chi connectivity index (χ0n) is 17.5. The first-order valence-electron chi connectivity index (χ1n) is 9.50. The van der Waals surface area contributed by atoms with Crippen molar-refractivity contribution in [2.24, 2.45) is 5.92 Å². The first-order chi connectivity index (χ1) is 13.4. The van der Waals surface area contributed by atoms with Crippen molar-refractivity contribution in [1.82, 2.24) is 15.5 Å². The summed E-state index contributed by atoms with van der Waals surface area (Å²) in [5.74, 6) is 2.65. The van der Waals surface area contributed by atoms with E-state index in [0.29, 0.717) is 41.1 Å². The standard InChI is InChI=1S/C20H31N3O5/c1-7-8-14(24)11-21-17(12(2)3)20-22-19(23-28-20)13-9-15(25-4)18(27-6)16(10-13)26-5/h9-10,12,14,17,21,24H,7-8,11H2,1-6H3/t14-,17-/m0/s1. The SMILES string of the molecule is CCC[C@H](O)CN[C@H](c1nc(-c2cc(OC)c(OC)c(OC)c2)no1)C(C)C. The van der Waals surface area contributed by atoms with Crippen LogP contribution in [0.5, 0.6) is 17.2 Å². The Morgan fingerprint density at radius 1 is 1.11 bits per heavy atom. The maximum absolute atomic E-state index is 10.0. The molecule has 1 aromatic carbocycles. The fourth-order valence-electron chi connectivity index (χ4n) is 3.00. The van der Waals surface area contributed by atoms with Crippen molar-refractivity contribution < 1.29 is 23.8 Å².